The van der Waals surface area contributed by atoms with Gasteiger partial charge in [0.05, 0.1) is 11.4 Å². The van der Waals surface area contributed by atoms with Gasteiger partial charge in [0, 0.05) is 11.4 Å². The molecule has 2 aliphatic heterocycles. The smallest absolute Gasteiger partial charge is 0.257 e. The zero-order valence-corrected chi connectivity index (χ0v) is 11.5. The summed E-state index contributed by atoms with van der Waals surface area (Å²) in [5.41, 5.74) is 2.18. The summed E-state index contributed by atoms with van der Waals surface area (Å²) < 4.78 is 26.8. The van der Waals surface area contributed by atoms with Gasteiger partial charge in [0.2, 0.25) is 0 Å². The molecule has 0 spiro atoms. The molecule has 0 saturated carbocycles. The van der Waals surface area contributed by atoms with Crippen LogP contribution in [0.25, 0.3) is 5.70 Å². The third-order valence-corrected chi connectivity index (χ3v) is 5.17. The summed E-state index contributed by atoms with van der Waals surface area (Å²) in [5.74, 6) is 0.0840. The van der Waals surface area contributed by atoms with E-state index in [1.165, 1.54) is 11.8 Å². The number of allylic oxidation sites excluding steroid dienone is 1. The second kappa shape index (κ2) is 4.13. The summed E-state index contributed by atoms with van der Waals surface area (Å²) in [7, 11) is -3.27. The predicted octanol–water partition coefficient (Wildman–Crippen LogP) is 2.12. The Morgan fingerprint density at radius 1 is 1.28 bits per heavy atom. The van der Waals surface area contributed by atoms with Crippen LogP contribution in [0.3, 0.4) is 0 Å². The molecule has 3 rings (SSSR count). The van der Waals surface area contributed by atoms with Crippen LogP contribution in [-0.4, -0.2) is 30.8 Å². The third kappa shape index (κ3) is 1.95. The Bertz CT molecular complexity index is 648. The summed E-state index contributed by atoms with van der Waals surface area (Å²) in [5, 5.41) is 0.581. The lowest BCUT2D eigenvalue weighted by Crippen LogP contribution is -2.34. The first-order valence-corrected chi connectivity index (χ1v) is 8.04. The van der Waals surface area contributed by atoms with Gasteiger partial charge < -0.3 is 4.90 Å². The molecule has 18 heavy (non-hydrogen) atoms. The molecular formula is C12H12N2O2S2. The van der Waals surface area contributed by atoms with Crippen molar-refractivity contribution >= 4 is 32.6 Å². The average Bonchev–Trinajstić information content (AvgIpc) is 2.64. The summed E-state index contributed by atoms with van der Waals surface area (Å²) >= 11 is 1.43. The van der Waals surface area contributed by atoms with Crippen LogP contribution in [0, 0.1) is 0 Å². The molecule has 0 aromatic heterocycles. The fourth-order valence-electron chi connectivity index (χ4n) is 2.13. The van der Waals surface area contributed by atoms with Gasteiger partial charge in [0.15, 0.2) is 5.17 Å². The van der Waals surface area contributed by atoms with E-state index in [0.717, 1.165) is 16.2 Å². The van der Waals surface area contributed by atoms with E-state index in [0.29, 0.717) is 11.7 Å². The summed E-state index contributed by atoms with van der Waals surface area (Å²) in [6.45, 7) is 2.48. The number of hydrogen-bond donors (Lipinski definition) is 0. The number of thioether (sulfide) groups is 1. The molecule has 0 N–H and O–H groups in total. The Morgan fingerprint density at radius 2 is 2.00 bits per heavy atom. The minimum Gasteiger partial charge on any atom is -0.318 e. The number of amidine groups is 1. The van der Waals surface area contributed by atoms with Crippen LogP contribution in [0.4, 0.5) is 0 Å². The van der Waals surface area contributed by atoms with Crippen LogP contribution in [0.2, 0.25) is 0 Å². The van der Waals surface area contributed by atoms with E-state index in [9.17, 15) is 8.42 Å². The molecule has 2 aliphatic rings. The number of benzene rings is 1. The molecule has 1 aromatic rings. The maximum absolute atomic E-state index is 11.5. The summed E-state index contributed by atoms with van der Waals surface area (Å²) in [6.07, 6.45) is 0. The fraction of sp³-hybridized carbons (Fsp3) is 0.250. The van der Waals surface area contributed by atoms with Crippen LogP contribution < -0.4 is 0 Å². The highest BCUT2D eigenvalue weighted by atomic mass is 32.2. The molecule has 0 saturated heterocycles. The second-order valence-corrected chi connectivity index (χ2v) is 7.12. The Labute approximate surface area is 110 Å². The number of rotatable bonds is 1. The van der Waals surface area contributed by atoms with Crippen molar-refractivity contribution in [3.8, 4) is 0 Å². The molecular weight excluding hydrogens is 268 g/mol. The second-order valence-electron chi connectivity index (χ2n) is 4.18. The molecule has 0 amide bonds. The van der Waals surface area contributed by atoms with Crippen LogP contribution in [0.1, 0.15) is 12.5 Å². The Hall–Kier alpha value is -1.27. The number of hydrogen-bond acceptors (Lipinski definition) is 4. The fourth-order valence-corrected chi connectivity index (χ4v) is 4.35. The molecule has 94 valence electrons. The first kappa shape index (κ1) is 11.8. The van der Waals surface area contributed by atoms with E-state index >= 15 is 0 Å². The number of fused-ring (bicyclic) bond motifs is 1. The molecule has 6 heteroatoms. The van der Waals surface area contributed by atoms with Gasteiger partial charge in [-0.05, 0) is 12.5 Å². The molecule has 0 bridgehead atoms. The van der Waals surface area contributed by atoms with Crippen LogP contribution in [0.5, 0.6) is 0 Å². The maximum Gasteiger partial charge on any atom is 0.257 e. The van der Waals surface area contributed by atoms with Crippen LogP contribution in [0.15, 0.2) is 39.6 Å². The monoisotopic (exact) mass is 280 g/mol. The Kier molecular flexibility index (Phi) is 2.71. The standard InChI is InChI=1S/C12H12N2O2S2/c1-9-11(10-5-3-2-4-6-10)14-7-8-18(15,16)13-12(14)17-9/h2-6H,7-8H2,1H3. The molecule has 2 heterocycles. The quantitative estimate of drug-likeness (QED) is 0.790. The SMILES string of the molecule is CC1=C(c2ccccc2)N2CCS(=O)(=O)N=C2S1. The van der Waals surface area contributed by atoms with Crippen molar-refractivity contribution in [3.05, 3.63) is 40.8 Å². The van der Waals surface area contributed by atoms with Crippen molar-refractivity contribution in [2.45, 2.75) is 6.92 Å². The predicted molar refractivity (Wildman–Crippen MR) is 74.6 cm³/mol. The zero-order chi connectivity index (χ0) is 12.8. The first-order chi connectivity index (χ1) is 8.57. The topological polar surface area (TPSA) is 49.7 Å². The van der Waals surface area contributed by atoms with Gasteiger partial charge >= 0.3 is 0 Å². The largest absolute Gasteiger partial charge is 0.318 e. The molecule has 0 atom stereocenters. The first-order valence-electron chi connectivity index (χ1n) is 5.61. The average molecular weight is 280 g/mol. The molecule has 0 radical (unpaired) electrons. The molecule has 0 fully saturated rings. The van der Waals surface area contributed by atoms with Gasteiger partial charge in [-0.2, -0.15) is 0 Å². The van der Waals surface area contributed by atoms with Gasteiger partial charge in [0.25, 0.3) is 10.0 Å². The zero-order valence-electron chi connectivity index (χ0n) is 9.83. The van der Waals surface area contributed by atoms with Crippen molar-refractivity contribution in [1.82, 2.24) is 4.90 Å². The van der Waals surface area contributed by atoms with Crippen molar-refractivity contribution in [2.24, 2.45) is 4.40 Å². The van der Waals surface area contributed by atoms with E-state index in [1.54, 1.807) is 0 Å². The highest BCUT2D eigenvalue weighted by Gasteiger charge is 2.33. The van der Waals surface area contributed by atoms with Gasteiger partial charge in [0.1, 0.15) is 0 Å². The lowest BCUT2D eigenvalue weighted by Gasteiger charge is -2.25. The Morgan fingerprint density at radius 3 is 2.72 bits per heavy atom. The van der Waals surface area contributed by atoms with Gasteiger partial charge in [-0.3, -0.25) is 0 Å². The van der Waals surface area contributed by atoms with Gasteiger partial charge in [-0.1, -0.05) is 42.1 Å². The minimum atomic E-state index is -3.27. The van der Waals surface area contributed by atoms with E-state index < -0.39 is 10.0 Å². The summed E-state index contributed by atoms with van der Waals surface area (Å²) in [6, 6.07) is 10.0. The van der Waals surface area contributed by atoms with E-state index in [-0.39, 0.29) is 5.75 Å². The van der Waals surface area contributed by atoms with Gasteiger partial charge in [-0.25, -0.2) is 8.42 Å². The van der Waals surface area contributed by atoms with E-state index in [1.807, 2.05) is 42.2 Å². The number of sulfonamides is 1. The third-order valence-electron chi connectivity index (χ3n) is 2.92. The number of nitrogens with zero attached hydrogens (tertiary/aromatic N) is 2. The normalized spacial score (nSPS) is 21.8. The van der Waals surface area contributed by atoms with Gasteiger partial charge in [-0.15, -0.1) is 4.40 Å². The Balaban J connectivity index is 2.06. The summed E-state index contributed by atoms with van der Waals surface area (Å²) in [4.78, 5) is 3.09. The molecule has 4 nitrogen and oxygen atoms in total. The highest BCUT2D eigenvalue weighted by Crippen LogP contribution is 2.40. The maximum atomic E-state index is 11.5. The van der Waals surface area contributed by atoms with Crippen LogP contribution >= 0.6 is 11.8 Å². The van der Waals surface area contributed by atoms with E-state index in [4.69, 9.17) is 0 Å². The molecule has 0 unspecified atom stereocenters. The van der Waals surface area contributed by atoms with Crippen molar-refractivity contribution in [2.75, 3.05) is 12.3 Å². The van der Waals surface area contributed by atoms with Crippen molar-refractivity contribution in [1.29, 1.82) is 0 Å². The van der Waals surface area contributed by atoms with Crippen molar-refractivity contribution < 1.29 is 8.42 Å². The van der Waals surface area contributed by atoms with Crippen molar-refractivity contribution in [3.63, 3.8) is 0 Å². The highest BCUT2D eigenvalue weighted by molar-refractivity contribution is 8.18. The lowest BCUT2D eigenvalue weighted by molar-refractivity contribution is 0.566. The van der Waals surface area contributed by atoms with E-state index in [2.05, 4.69) is 4.40 Å². The van der Waals surface area contributed by atoms with Crippen LogP contribution in [-0.2, 0) is 10.0 Å². The molecule has 1 aromatic carbocycles. The minimum absolute atomic E-state index is 0.0840. The lowest BCUT2D eigenvalue weighted by atomic mass is 10.1. The molecule has 0 aliphatic carbocycles.